The molecule has 0 amide bonds. The van der Waals surface area contributed by atoms with Gasteiger partial charge in [0.1, 0.15) is 12.2 Å². The van der Waals surface area contributed by atoms with Gasteiger partial charge in [-0.25, -0.2) is 0 Å². The van der Waals surface area contributed by atoms with Crippen molar-refractivity contribution in [1.82, 2.24) is 0 Å². The molecule has 3 rings (SSSR count). The van der Waals surface area contributed by atoms with Crippen molar-refractivity contribution >= 4 is 11.6 Å². The second-order valence-electron chi connectivity index (χ2n) is 9.63. The summed E-state index contributed by atoms with van der Waals surface area (Å²) < 4.78 is 0. The minimum atomic E-state index is -1.47. The lowest BCUT2D eigenvalue weighted by molar-refractivity contribution is -0.161. The molecule has 2 saturated carbocycles. The van der Waals surface area contributed by atoms with Crippen LogP contribution in [-0.4, -0.2) is 34.0 Å². The van der Waals surface area contributed by atoms with Crippen LogP contribution in [0.3, 0.4) is 0 Å². The summed E-state index contributed by atoms with van der Waals surface area (Å²) >= 11 is 0. The van der Waals surface area contributed by atoms with E-state index in [2.05, 4.69) is 19.9 Å². The lowest BCUT2D eigenvalue weighted by atomic mass is 9.52. The third kappa shape index (κ3) is 2.71. The van der Waals surface area contributed by atoms with Crippen LogP contribution in [0.2, 0.25) is 0 Å². The predicted molar refractivity (Wildman–Crippen MR) is 105 cm³/mol. The molecule has 0 aromatic carbocycles. The Labute approximate surface area is 162 Å². The molecule has 0 spiro atoms. The van der Waals surface area contributed by atoms with Crippen molar-refractivity contribution in [3.05, 3.63) is 23.3 Å². The molecule has 4 heteroatoms. The highest BCUT2D eigenvalue weighted by atomic mass is 16.3. The molecule has 0 saturated heterocycles. The third-order valence-electron chi connectivity index (χ3n) is 8.14. The van der Waals surface area contributed by atoms with Crippen molar-refractivity contribution < 1.29 is 19.8 Å². The van der Waals surface area contributed by atoms with Crippen molar-refractivity contribution in [2.45, 2.75) is 72.3 Å². The van der Waals surface area contributed by atoms with Gasteiger partial charge in [0.2, 0.25) is 0 Å². The average Bonchev–Trinajstić information content (AvgIpc) is 2.84. The second-order valence-corrected chi connectivity index (χ2v) is 9.63. The first kappa shape index (κ1) is 20.5. The van der Waals surface area contributed by atoms with Crippen LogP contribution in [0.15, 0.2) is 23.3 Å². The van der Waals surface area contributed by atoms with Gasteiger partial charge in [-0.3, -0.25) is 9.59 Å². The maximum Gasteiger partial charge on any atom is 0.190 e. The van der Waals surface area contributed by atoms with Crippen LogP contribution in [0.1, 0.15) is 66.7 Å². The Balaban J connectivity index is 2.02. The van der Waals surface area contributed by atoms with Crippen molar-refractivity contribution in [2.75, 3.05) is 6.61 Å². The molecule has 3 aliphatic carbocycles. The maximum absolute atomic E-state index is 12.5. The highest BCUT2D eigenvalue weighted by Crippen LogP contribution is 2.65. The number of Topliss-reactive ketones (excluding diaryl/α,β-unsaturated/α-hetero) is 1. The molecule has 27 heavy (non-hydrogen) atoms. The Kier molecular flexibility index (Phi) is 5.05. The number of aliphatic hydroxyl groups is 2. The van der Waals surface area contributed by atoms with Crippen LogP contribution in [0.25, 0.3) is 0 Å². The van der Waals surface area contributed by atoms with E-state index >= 15 is 0 Å². The van der Waals surface area contributed by atoms with E-state index in [9.17, 15) is 19.8 Å². The molecule has 0 aromatic heterocycles. The highest BCUT2D eigenvalue weighted by molar-refractivity contribution is 5.91. The van der Waals surface area contributed by atoms with Gasteiger partial charge in [-0.1, -0.05) is 51.8 Å². The first-order valence-corrected chi connectivity index (χ1v) is 10.3. The number of hydrogen-bond acceptors (Lipinski definition) is 4. The lowest BCUT2D eigenvalue weighted by Gasteiger charge is -2.53. The fourth-order valence-corrected chi connectivity index (χ4v) is 6.41. The Morgan fingerprint density at radius 1 is 1.30 bits per heavy atom. The predicted octanol–water partition coefficient (Wildman–Crippen LogP) is 3.61. The van der Waals surface area contributed by atoms with Gasteiger partial charge in [-0.05, 0) is 49.5 Å². The summed E-state index contributed by atoms with van der Waals surface area (Å²) in [7, 11) is 0. The molecular weight excluding hydrogens is 340 g/mol. The number of carbonyl (C=O) groups excluding carboxylic acids is 2. The smallest absolute Gasteiger partial charge is 0.190 e. The molecule has 150 valence electrons. The van der Waals surface area contributed by atoms with E-state index in [1.54, 1.807) is 0 Å². The van der Waals surface area contributed by atoms with Gasteiger partial charge >= 0.3 is 0 Å². The molecule has 2 fully saturated rings. The first-order valence-electron chi connectivity index (χ1n) is 10.3. The van der Waals surface area contributed by atoms with Crippen molar-refractivity contribution in [1.29, 1.82) is 0 Å². The summed E-state index contributed by atoms with van der Waals surface area (Å²) in [5.41, 5.74) is 0.386. The first-order chi connectivity index (χ1) is 12.5. The van der Waals surface area contributed by atoms with Gasteiger partial charge in [0.05, 0.1) is 0 Å². The number of rotatable bonds is 4. The van der Waals surface area contributed by atoms with Crippen molar-refractivity contribution in [2.24, 2.45) is 28.6 Å². The number of hydrogen-bond donors (Lipinski definition) is 2. The zero-order valence-corrected chi connectivity index (χ0v) is 17.3. The highest BCUT2D eigenvalue weighted by Gasteiger charge is 2.66. The topological polar surface area (TPSA) is 74.6 Å². The molecule has 0 heterocycles. The van der Waals surface area contributed by atoms with Gasteiger partial charge in [0.25, 0.3) is 0 Å². The molecule has 0 bridgehead atoms. The number of ketones is 2. The Bertz CT molecular complexity index is 716. The van der Waals surface area contributed by atoms with Gasteiger partial charge in [0, 0.05) is 17.3 Å². The molecule has 0 aliphatic heterocycles. The number of aliphatic hydroxyl groups excluding tert-OH is 1. The molecule has 5 atom stereocenters. The molecular formula is C23H34O4. The van der Waals surface area contributed by atoms with Crippen LogP contribution in [0.4, 0.5) is 0 Å². The number of carbonyl (C=O) groups is 2. The number of allylic oxidation sites excluding steroid dienone is 4. The average molecular weight is 375 g/mol. The lowest BCUT2D eigenvalue weighted by Crippen LogP contribution is -2.57. The zero-order valence-electron chi connectivity index (χ0n) is 17.3. The van der Waals surface area contributed by atoms with Crippen LogP contribution >= 0.6 is 0 Å². The van der Waals surface area contributed by atoms with Gasteiger partial charge in [-0.15, -0.1) is 0 Å². The summed E-state index contributed by atoms with van der Waals surface area (Å²) in [5, 5.41) is 20.9. The molecule has 0 radical (unpaired) electrons. The van der Waals surface area contributed by atoms with Crippen LogP contribution in [0.5, 0.6) is 0 Å². The van der Waals surface area contributed by atoms with Crippen molar-refractivity contribution in [3.8, 4) is 0 Å². The van der Waals surface area contributed by atoms with Gasteiger partial charge in [0.15, 0.2) is 11.6 Å². The second kappa shape index (κ2) is 6.66. The van der Waals surface area contributed by atoms with Crippen LogP contribution in [-0.2, 0) is 9.59 Å². The Morgan fingerprint density at radius 2 is 1.96 bits per heavy atom. The molecule has 2 N–H and O–H groups in total. The maximum atomic E-state index is 12.5. The summed E-state index contributed by atoms with van der Waals surface area (Å²) in [4.78, 5) is 24.5. The zero-order chi connectivity index (χ0) is 20.2. The summed E-state index contributed by atoms with van der Waals surface area (Å²) in [6.45, 7) is 9.65. The molecule has 2 unspecified atom stereocenters. The molecule has 3 aliphatic rings. The van der Waals surface area contributed by atoms with E-state index in [1.807, 2.05) is 26.8 Å². The summed E-state index contributed by atoms with van der Waals surface area (Å²) in [5.74, 6) is 0.101. The third-order valence-corrected chi connectivity index (χ3v) is 8.14. The van der Waals surface area contributed by atoms with E-state index < -0.39 is 23.4 Å². The quantitative estimate of drug-likeness (QED) is 0.582. The molecule has 4 nitrogen and oxygen atoms in total. The largest absolute Gasteiger partial charge is 0.388 e. The van der Waals surface area contributed by atoms with Crippen molar-refractivity contribution in [3.63, 3.8) is 0 Å². The minimum Gasteiger partial charge on any atom is -0.388 e. The Morgan fingerprint density at radius 3 is 2.56 bits per heavy atom. The fourth-order valence-electron chi connectivity index (χ4n) is 6.41. The fraction of sp³-hybridized carbons (Fsp3) is 0.739. The minimum absolute atomic E-state index is 0.165. The monoisotopic (exact) mass is 374 g/mol. The van der Waals surface area contributed by atoms with E-state index in [1.165, 1.54) is 11.1 Å². The van der Waals surface area contributed by atoms with Gasteiger partial charge < -0.3 is 10.2 Å². The van der Waals surface area contributed by atoms with Gasteiger partial charge in [-0.2, -0.15) is 0 Å². The number of fused-ring (bicyclic) bond motifs is 3. The standard InChI is InChI=1S/C23H34O4/c1-6-16(25)12-15-7-8-17-18(21(15,3)4)9-10-22(5)19(17)11-14(2)23(22,27)20(26)13-24/h9,12,14,17,19,24,27H,6-8,10-11,13H2,1-5H3/b15-12-/t14-,17?,19?,22+,23+/m1/s1. The van der Waals surface area contributed by atoms with E-state index in [4.69, 9.17) is 0 Å². The van der Waals surface area contributed by atoms with Crippen LogP contribution < -0.4 is 0 Å². The van der Waals surface area contributed by atoms with Crippen LogP contribution in [0, 0.1) is 28.6 Å². The normalized spacial score (nSPS) is 41.7. The SMILES string of the molecule is CCC(=O)/C=C1/CCC2C(=CC[C@@]3(C)C2C[C@@H](C)[C@]3(O)C(=O)CO)C1(C)C. The molecule has 0 aromatic rings. The van der Waals surface area contributed by atoms with E-state index in [0.717, 1.165) is 19.3 Å². The summed E-state index contributed by atoms with van der Waals surface area (Å²) in [6.07, 6.45) is 7.85. The van der Waals surface area contributed by atoms with E-state index in [0.29, 0.717) is 18.8 Å². The Hall–Kier alpha value is -1.26. The van der Waals surface area contributed by atoms with E-state index in [-0.39, 0.29) is 23.0 Å². The summed E-state index contributed by atoms with van der Waals surface area (Å²) in [6, 6.07) is 0.